The molecular formula is C18H26N2. The summed E-state index contributed by atoms with van der Waals surface area (Å²) in [6.07, 6.45) is 7.83. The van der Waals surface area contributed by atoms with Crippen LogP contribution in [0, 0.1) is 0 Å². The lowest BCUT2D eigenvalue weighted by atomic mass is 9.97. The Labute approximate surface area is 123 Å². The zero-order valence-electron chi connectivity index (χ0n) is 12.9. The molecule has 0 spiro atoms. The Bertz CT molecular complexity index is 482. The van der Waals surface area contributed by atoms with E-state index in [-0.39, 0.29) is 0 Å². The maximum absolute atomic E-state index is 4.89. The van der Waals surface area contributed by atoms with Crippen LogP contribution in [-0.4, -0.2) is 23.0 Å². The minimum absolute atomic E-state index is 0.406. The molecule has 20 heavy (non-hydrogen) atoms. The lowest BCUT2D eigenvalue weighted by molar-refractivity contribution is 0.218. The van der Waals surface area contributed by atoms with E-state index in [0.29, 0.717) is 5.92 Å². The van der Waals surface area contributed by atoms with E-state index in [0.717, 1.165) is 29.1 Å². The van der Waals surface area contributed by atoms with Gasteiger partial charge in [-0.15, -0.1) is 0 Å². The van der Waals surface area contributed by atoms with Crippen LogP contribution in [0.25, 0.3) is 12.2 Å². The van der Waals surface area contributed by atoms with Crippen molar-refractivity contribution in [2.24, 2.45) is 0 Å². The van der Waals surface area contributed by atoms with Crippen molar-refractivity contribution in [3.8, 4) is 0 Å². The van der Waals surface area contributed by atoms with Crippen LogP contribution in [0.2, 0.25) is 0 Å². The van der Waals surface area contributed by atoms with Crippen LogP contribution in [0.5, 0.6) is 0 Å². The first-order valence-electron chi connectivity index (χ1n) is 7.66. The molecule has 2 heterocycles. The third-order valence-electron chi connectivity index (χ3n) is 3.98. The Hall–Kier alpha value is -1.41. The highest BCUT2D eigenvalue weighted by atomic mass is 15.1. The average molecular weight is 270 g/mol. The molecule has 1 aliphatic heterocycles. The number of hydrogen-bond acceptors (Lipinski definition) is 2. The van der Waals surface area contributed by atoms with Crippen molar-refractivity contribution >= 4 is 12.2 Å². The SMILES string of the molecule is C=Cc1cc(CN2CCCCC2)nc(C(C)C)c1C=C. The summed E-state index contributed by atoms with van der Waals surface area (Å²) in [5.74, 6) is 0.406. The van der Waals surface area contributed by atoms with Gasteiger partial charge in [0.05, 0.1) is 11.4 Å². The topological polar surface area (TPSA) is 16.1 Å². The molecule has 0 N–H and O–H groups in total. The molecule has 2 heteroatoms. The summed E-state index contributed by atoms with van der Waals surface area (Å²) < 4.78 is 0. The van der Waals surface area contributed by atoms with Gasteiger partial charge in [0.2, 0.25) is 0 Å². The summed E-state index contributed by atoms with van der Waals surface area (Å²) in [7, 11) is 0. The lowest BCUT2D eigenvalue weighted by Gasteiger charge is -2.26. The van der Waals surface area contributed by atoms with E-state index in [4.69, 9.17) is 4.98 Å². The molecule has 0 saturated carbocycles. The van der Waals surface area contributed by atoms with Gasteiger partial charge in [0.25, 0.3) is 0 Å². The normalized spacial score (nSPS) is 16.4. The van der Waals surface area contributed by atoms with Crippen LogP contribution < -0.4 is 0 Å². The molecule has 2 nitrogen and oxygen atoms in total. The maximum Gasteiger partial charge on any atom is 0.0553 e. The summed E-state index contributed by atoms with van der Waals surface area (Å²) in [5, 5.41) is 0. The second kappa shape index (κ2) is 6.85. The number of hydrogen-bond donors (Lipinski definition) is 0. The predicted molar refractivity (Wildman–Crippen MR) is 87.6 cm³/mol. The van der Waals surface area contributed by atoms with Gasteiger partial charge >= 0.3 is 0 Å². The van der Waals surface area contributed by atoms with Gasteiger partial charge in [-0.25, -0.2) is 0 Å². The molecule has 0 bridgehead atoms. The van der Waals surface area contributed by atoms with E-state index in [1.54, 1.807) is 0 Å². The van der Waals surface area contributed by atoms with E-state index in [9.17, 15) is 0 Å². The second-order valence-electron chi connectivity index (χ2n) is 5.90. The molecule has 1 aromatic rings. The Morgan fingerprint density at radius 3 is 2.45 bits per heavy atom. The molecule has 1 aliphatic rings. The van der Waals surface area contributed by atoms with Crippen molar-refractivity contribution < 1.29 is 0 Å². The van der Waals surface area contributed by atoms with Crippen LogP contribution in [0.3, 0.4) is 0 Å². The lowest BCUT2D eigenvalue weighted by Crippen LogP contribution is -2.29. The summed E-state index contributed by atoms with van der Waals surface area (Å²) in [6, 6.07) is 2.17. The molecule has 0 amide bonds. The van der Waals surface area contributed by atoms with Crippen LogP contribution in [-0.2, 0) is 6.54 Å². The Morgan fingerprint density at radius 1 is 1.20 bits per heavy atom. The van der Waals surface area contributed by atoms with E-state index in [1.807, 2.05) is 12.2 Å². The van der Waals surface area contributed by atoms with E-state index < -0.39 is 0 Å². The van der Waals surface area contributed by atoms with Gasteiger partial charge in [0.15, 0.2) is 0 Å². The maximum atomic E-state index is 4.89. The van der Waals surface area contributed by atoms with Crippen molar-refractivity contribution in [2.75, 3.05) is 13.1 Å². The van der Waals surface area contributed by atoms with Gasteiger partial charge in [-0.2, -0.15) is 0 Å². The molecule has 2 rings (SSSR count). The van der Waals surface area contributed by atoms with Crippen molar-refractivity contribution in [2.45, 2.75) is 45.6 Å². The first kappa shape index (κ1) is 15.0. The molecule has 1 aromatic heterocycles. The van der Waals surface area contributed by atoms with Gasteiger partial charge in [0.1, 0.15) is 0 Å². The number of aromatic nitrogens is 1. The largest absolute Gasteiger partial charge is 0.298 e. The van der Waals surface area contributed by atoms with Crippen molar-refractivity contribution in [3.05, 3.63) is 41.7 Å². The molecular weight excluding hydrogens is 244 g/mol. The van der Waals surface area contributed by atoms with Gasteiger partial charge < -0.3 is 0 Å². The zero-order valence-corrected chi connectivity index (χ0v) is 12.9. The van der Waals surface area contributed by atoms with Crippen molar-refractivity contribution in [1.82, 2.24) is 9.88 Å². The quantitative estimate of drug-likeness (QED) is 0.784. The van der Waals surface area contributed by atoms with Crippen molar-refractivity contribution in [1.29, 1.82) is 0 Å². The van der Waals surface area contributed by atoms with Crippen LogP contribution in [0.4, 0.5) is 0 Å². The molecule has 1 saturated heterocycles. The van der Waals surface area contributed by atoms with Crippen molar-refractivity contribution in [3.63, 3.8) is 0 Å². The molecule has 0 aliphatic carbocycles. The van der Waals surface area contributed by atoms with Gasteiger partial charge in [-0.1, -0.05) is 45.6 Å². The highest BCUT2D eigenvalue weighted by Crippen LogP contribution is 2.25. The fourth-order valence-corrected chi connectivity index (χ4v) is 2.91. The van der Waals surface area contributed by atoms with E-state index >= 15 is 0 Å². The highest BCUT2D eigenvalue weighted by molar-refractivity contribution is 5.66. The molecule has 0 radical (unpaired) electrons. The summed E-state index contributed by atoms with van der Waals surface area (Å²) in [4.78, 5) is 7.40. The smallest absolute Gasteiger partial charge is 0.0553 e. The van der Waals surface area contributed by atoms with Crippen LogP contribution in [0.1, 0.15) is 61.5 Å². The first-order chi connectivity index (χ1) is 9.65. The minimum Gasteiger partial charge on any atom is -0.298 e. The van der Waals surface area contributed by atoms with Gasteiger partial charge in [0, 0.05) is 12.1 Å². The molecule has 0 unspecified atom stereocenters. The third-order valence-corrected chi connectivity index (χ3v) is 3.98. The third kappa shape index (κ3) is 3.37. The first-order valence-corrected chi connectivity index (χ1v) is 7.66. The summed E-state index contributed by atoms with van der Waals surface area (Å²) in [5.41, 5.74) is 4.60. The minimum atomic E-state index is 0.406. The number of likely N-dealkylation sites (tertiary alicyclic amines) is 1. The monoisotopic (exact) mass is 270 g/mol. The number of nitrogens with zero attached hydrogens (tertiary/aromatic N) is 2. The van der Waals surface area contributed by atoms with Gasteiger partial charge in [-0.3, -0.25) is 9.88 Å². The summed E-state index contributed by atoms with van der Waals surface area (Å²) in [6.45, 7) is 15.6. The standard InChI is InChI=1S/C18H26N2/c1-5-15-12-16(13-20-10-8-7-9-11-20)19-18(14(3)4)17(15)6-2/h5-6,12,14H,1-2,7-11,13H2,3-4H3. The van der Waals surface area contributed by atoms with Crippen LogP contribution >= 0.6 is 0 Å². The number of pyridine rings is 1. The molecule has 108 valence electrons. The second-order valence-corrected chi connectivity index (χ2v) is 5.90. The summed E-state index contributed by atoms with van der Waals surface area (Å²) >= 11 is 0. The zero-order chi connectivity index (χ0) is 14.5. The Morgan fingerprint density at radius 2 is 1.90 bits per heavy atom. The molecule has 1 fully saturated rings. The fraction of sp³-hybridized carbons (Fsp3) is 0.500. The van der Waals surface area contributed by atoms with E-state index in [1.165, 1.54) is 32.4 Å². The Balaban J connectivity index is 2.30. The number of rotatable bonds is 5. The molecule has 0 atom stereocenters. The average Bonchev–Trinajstić information content (AvgIpc) is 2.47. The Kier molecular flexibility index (Phi) is 5.13. The highest BCUT2D eigenvalue weighted by Gasteiger charge is 2.15. The number of piperidine rings is 1. The van der Waals surface area contributed by atoms with E-state index in [2.05, 4.69) is 38.0 Å². The fourth-order valence-electron chi connectivity index (χ4n) is 2.91. The van der Waals surface area contributed by atoms with Crippen LogP contribution in [0.15, 0.2) is 19.2 Å². The molecule has 0 aromatic carbocycles. The predicted octanol–water partition coefficient (Wildman–Crippen LogP) is 4.48. The van der Waals surface area contributed by atoms with Gasteiger partial charge in [-0.05, 0) is 43.5 Å².